The van der Waals surface area contributed by atoms with Gasteiger partial charge in [0.25, 0.3) is 0 Å². The zero-order valence-corrected chi connectivity index (χ0v) is 17.2. The van der Waals surface area contributed by atoms with Crippen molar-refractivity contribution < 1.29 is 4.74 Å². The summed E-state index contributed by atoms with van der Waals surface area (Å²) in [4.78, 5) is 4.32. The van der Waals surface area contributed by atoms with Crippen LogP contribution in [-0.4, -0.2) is 19.6 Å². The molecule has 0 saturated carbocycles. The average Bonchev–Trinajstić information content (AvgIpc) is 2.51. The van der Waals surface area contributed by atoms with Gasteiger partial charge in [-0.05, 0) is 54.4 Å². The Bertz CT molecular complexity index is 665. The molecule has 3 N–H and O–H groups in total. The Morgan fingerprint density at radius 3 is 2.61 bits per heavy atom. The van der Waals surface area contributed by atoms with Crippen molar-refractivity contribution in [1.29, 1.82) is 0 Å². The second-order valence-corrected chi connectivity index (χ2v) is 5.90. The number of nitrogens with one attached hydrogen (secondary N) is 1. The summed E-state index contributed by atoms with van der Waals surface area (Å²) in [6, 6.07) is 13.2. The second kappa shape index (κ2) is 10.00. The van der Waals surface area contributed by atoms with Crippen LogP contribution in [0, 0.1) is 0 Å². The van der Waals surface area contributed by atoms with Crippen LogP contribution < -0.4 is 15.8 Å². The van der Waals surface area contributed by atoms with Crippen molar-refractivity contribution in [2.24, 2.45) is 10.7 Å². The minimum Gasteiger partial charge on any atom is -0.497 e. The number of hydrogen-bond acceptors (Lipinski definition) is 2. The highest BCUT2D eigenvalue weighted by Crippen LogP contribution is 2.21. The van der Waals surface area contributed by atoms with Gasteiger partial charge in [0.05, 0.1) is 7.11 Å². The molecule has 0 aliphatic heterocycles. The number of aliphatic imine (C=N–C) groups is 1. The van der Waals surface area contributed by atoms with E-state index in [1.54, 1.807) is 7.11 Å². The first-order valence-corrected chi connectivity index (χ1v) is 7.90. The SMILES string of the molecule is COc1ccc(NC(N)=NCCc2cc(Cl)ccc2Br)cc1.I. The molecule has 23 heavy (non-hydrogen) atoms. The number of nitrogens with zero attached hydrogens (tertiary/aromatic N) is 1. The molecule has 0 aliphatic rings. The largest absolute Gasteiger partial charge is 0.497 e. The maximum absolute atomic E-state index is 5.99. The van der Waals surface area contributed by atoms with Gasteiger partial charge in [0.1, 0.15) is 5.75 Å². The van der Waals surface area contributed by atoms with Gasteiger partial charge in [-0.25, -0.2) is 0 Å². The zero-order chi connectivity index (χ0) is 15.9. The summed E-state index contributed by atoms with van der Waals surface area (Å²) in [5.41, 5.74) is 7.85. The molecule has 2 aromatic carbocycles. The van der Waals surface area contributed by atoms with Crippen molar-refractivity contribution >= 4 is 63.2 Å². The number of hydrogen-bond donors (Lipinski definition) is 2. The van der Waals surface area contributed by atoms with E-state index in [9.17, 15) is 0 Å². The highest BCUT2D eigenvalue weighted by atomic mass is 127. The summed E-state index contributed by atoms with van der Waals surface area (Å²) >= 11 is 9.49. The first-order valence-electron chi connectivity index (χ1n) is 6.73. The number of rotatable bonds is 5. The van der Waals surface area contributed by atoms with Crippen molar-refractivity contribution in [2.45, 2.75) is 6.42 Å². The van der Waals surface area contributed by atoms with Gasteiger partial charge in [-0.2, -0.15) is 0 Å². The van der Waals surface area contributed by atoms with Gasteiger partial charge in [-0.15, -0.1) is 24.0 Å². The predicted octanol–water partition coefficient (Wildman–Crippen LogP) is 4.70. The summed E-state index contributed by atoms with van der Waals surface area (Å²) in [7, 11) is 1.63. The van der Waals surface area contributed by atoms with Gasteiger partial charge >= 0.3 is 0 Å². The van der Waals surface area contributed by atoms with Gasteiger partial charge in [0.2, 0.25) is 0 Å². The number of guanidine groups is 1. The fourth-order valence-electron chi connectivity index (χ4n) is 1.89. The van der Waals surface area contributed by atoms with Crippen molar-refractivity contribution in [1.82, 2.24) is 0 Å². The molecule has 0 atom stereocenters. The number of anilines is 1. The Morgan fingerprint density at radius 2 is 1.96 bits per heavy atom. The lowest BCUT2D eigenvalue weighted by atomic mass is 10.1. The smallest absolute Gasteiger partial charge is 0.193 e. The third-order valence-corrected chi connectivity index (χ3v) is 4.04. The van der Waals surface area contributed by atoms with Gasteiger partial charge in [0.15, 0.2) is 5.96 Å². The Labute approximate surface area is 166 Å². The van der Waals surface area contributed by atoms with Crippen LogP contribution in [0.4, 0.5) is 5.69 Å². The van der Waals surface area contributed by atoms with Crippen LogP contribution in [0.25, 0.3) is 0 Å². The fourth-order valence-corrected chi connectivity index (χ4v) is 2.53. The second-order valence-electron chi connectivity index (χ2n) is 4.61. The maximum atomic E-state index is 5.99. The highest BCUT2D eigenvalue weighted by molar-refractivity contribution is 14.0. The number of benzene rings is 2. The van der Waals surface area contributed by atoms with Gasteiger partial charge in [-0.1, -0.05) is 27.5 Å². The Morgan fingerprint density at radius 1 is 1.26 bits per heavy atom. The lowest BCUT2D eigenvalue weighted by Crippen LogP contribution is -2.23. The van der Waals surface area contributed by atoms with E-state index in [2.05, 4.69) is 26.2 Å². The summed E-state index contributed by atoms with van der Waals surface area (Å²) in [6.45, 7) is 0.577. The zero-order valence-electron chi connectivity index (χ0n) is 12.6. The normalized spacial score (nSPS) is 10.8. The molecule has 2 rings (SSSR count). The summed E-state index contributed by atoms with van der Waals surface area (Å²) in [6.07, 6.45) is 0.756. The Balaban J connectivity index is 0.00000264. The summed E-state index contributed by atoms with van der Waals surface area (Å²) in [5.74, 6) is 1.18. The van der Waals surface area contributed by atoms with Crippen LogP contribution in [0.2, 0.25) is 5.02 Å². The Hall–Kier alpha value is -0.990. The molecule has 0 aromatic heterocycles. The predicted molar refractivity (Wildman–Crippen MR) is 111 cm³/mol. The standard InChI is InChI=1S/C16H17BrClN3O.HI/c1-22-14-5-3-13(4-6-14)21-16(19)20-9-8-11-10-12(18)2-7-15(11)17;/h2-7,10H,8-9H2,1H3,(H3,19,20,21);1H. The van der Waals surface area contributed by atoms with E-state index in [1.807, 2.05) is 42.5 Å². The van der Waals surface area contributed by atoms with E-state index in [-0.39, 0.29) is 24.0 Å². The van der Waals surface area contributed by atoms with E-state index < -0.39 is 0 Å². The third kappa shape index (κ3) is 6.56. The molecule has 0 aliphatic carbocycles. The molecule has 0 fully saturated rings. The molecular formula is C16H18BrClIN3O. The van der Waals surface area contributed by atoms with E-state index in [0.717, 1.165) is 27.9 Å². The van der Waals surface area contributed by atoms with Crippen LogP contribution in [0.15, 0.2) is 51.9 Å². The molecule has 0 radical (unpaired) electrons. The minimum absolute atomic E-state index is 0. The molecule has 2 aromatic rings. The molecule has 4 nitrogen and oxygen atoms in total. The molecule has 0 bridgehead atoms. The van der Waals surface area contributed by atoms with Crippen LogP contribution >= 0.6 is 51.5 Å². The van der Waals surface area contributed by atoms with Crippen molar-refractivity contribution in [3.8, 4) is 5.75 Å². The molecule has 7 heteroatoms. The lowest BCUT2D eigenvalue weighted by molar-refractivity contribution is 0.415. The first-order chi connectivity index (χ1) is 10.6. The average molecular weight is 511 g/mol. The molecule has 0 amide bonds. The molecule has 0 heterocycles. The Kier molecular flexibility index (Phi) is 8.72. The topological polar surface area (TPSA) is 59.6 Å². The fraction of sp³-hybridized carbons (Fsp3) is 0.188. The maximum Gasteiger partial charge on any atom is 0.193 e. The number of nitrogens with two attached hydrogens (primary N) is 1. The van der Waals surface area contributed by atoms with Crippen molar-refractivity contribution in [2.75, 3.05) is 19.0 Å². The third-order valence-electron chi connectivity index (χ3n) is 3.03. The quantitative estimate of drug-likeness (QED) is 0.348. The van der Waals surface area contributed by atoms with Crippen LogP contribution in [0.5, 0.6) is 5.75 Å². The van der Waals surface area contributed by atoms with Gasteiger partial charge < -0.3 is 15.8 Å². The van der Waals surface area contributed by atoms with E-state index in [1.165, 1.54) is 0 Å². The van der Waals surface area contributed by atoms with Crippen LogP contribution in [0.1, 0.15) is 5.56 Å². The van der Waals surface area contributed by atoms with Crippen LogP contribution in [-0.2, 0) is 6.42 Å². The summed E-state index contributed by atoms with van der Waals surface area (Å²) < 4.78 is 6.13. The monoisotopic (exact) mass is 509 g/mol. The van der Waals surface area contributed by atoms with Crippen molar-refractivity contribution in [3.63, 3.8) is 0 Å². The van der Waals surface area contributed by atoms with E-state index >= 15 is 0 Å². The number of ether oxygens (including phenoxy) is 1. The lowest BCUT2D eigenvalue weighted by Gasteiger charge is -2.07. The van der Waals surface area contributed by atoms with E-state index in [4.69, 9.17) is 22.1 Å². The molecular weight excluding hydrogens is 492 g/mol. The number of methoxy groups -OCH3 is 1. The number of halogens is 3. The molecule has 0 saturated heterocycles. The highest BCUT2D eigenvalue weighted by Gasteiger charge is 2.01. The molecule has 124 valence electrons. The molecule has 0 spiro atoms. The minimum atomic E-state index is 0. The molecule has 0 unspecified atom stereocenters. The van der Waals surface area contributed by atoms with Gasteiger partial charge in [-0.3, -0.25) is 4.99 Å². The van der Waals surface area contributed by atoms with Crippen molar-refractivity contribution in [3.05, 3.63) is 57.5 Å². The summed E-state index contributed by atoms with van der Waals surface area (Å²) in [5, 5.41) is 3.75. The first kappa shape index (κ1) is 20.1. The van der Waals surface area contributed by atoms with Gasteiger partial charge in [0, 0.05) is 21.7 Å². The van der Waals surface area contributed by atoms with E-state index in [0.29, 0.717) is 17.5 Å². The van der Waals surface area contributed by atoms with Crippen LogP contribution in [0.3, 0.4) is 0 Å².